The summed E-state index contributed by atoms with van der Waals surface area (Å²) in [6, 6.07) is 9.69. The van der Waals surface area contributed by atoms with Crippen molar-refractivity contribution in [1.29, 1.82) is 0 Å². The molecule has 0 saturated heterocycles. The van der Waals surface area contributed by atoms with Crippen LogP contribution in [-0.4, -0.2) is 22.1 Å². The molecule has 0 atom stereocenters. The molecular formula is C15H15F2NO3S. The summed E-state index contributed by atoms with van der Waals surface area (Å²) in [5, 5.41) is 0. The van der Waals surface area contributed by atoms with Gasteiger partial charge in [0.2, 0.25) is 10.0 Å². The first-order valence-corrected chi connectivity index (χ1v) is 7.98. The molecule has 22 heavy (non-hydrogen) atoms. The number of hydrogen-bond donors (Lipinski definition) is 1. The minimum atomic E-state index is -3.87. The molecule has 2 aromatic carbocycles. The summed E-state index contributed by atoms with van der Waals surface area (Å²) in [7, 11) is -2.33. The van der Waals surface area contributed by atoms with E-state index in [1.807, 2.05) is 6.07 Å². The van der Waals surface area contributed by atoms with Crippen molar-refractivity contribution in [3.05, 3.63) is 59.7 Å². The Kier molecular flexibility index (Phi) is 5.10. The number of methoxy groups -OCH3 is 1. The van der Waals surface area contributed by atoms with Crippen LogP contribution in [-0.2, 0) is 16.4 Å². The Hall–Kier alpha value is -1.99. The lowest BCUT2D eigenvalue weighted by Gasteiger charge is -2.08. The molecule has 0 unspecified atom stereocenters. The van der Waals surface area contributed by atoms with Gasteiger partial charge in [0.05, 0.1) is 12.0 Å². The van der Waals surface area contributed by atoms with Gasteiger partial charge >= 0.3 is 0 Å². The van der Waals surface area contributed by atoms with E-state index in [1.54, 1.807) is 25.3 Å². The second-order valence-electron chi connectivity index (χ2n) is 4.58. The molecule has 0 saturated carbocycles. The molecular weight excluding hydrogens is 312 g/mol. The van der Waals surface area contributed by atoms with E-state index >= 15 is 0 Å². The van der Waals surface area contributed by atoms with E-state index in [0.717, 1.165) is 17.7 Å². The highest BCUT2D eigenvalue weighted by Crippen LogP contribution is 2.15. The lowest BCUT2D eigenvalue weighted by molar-refractivity contribution is 0.414. The van der Waals surface area contributed by atoms with Crippen LogP contribution in [0.5, 0.6) is 5.75 Å². The number of rotatable bonds is 6. The first kappa shape index (κ1) is 16.4. The summed E-state index contributed by atoms with van der Waals surface area (Å²) >= 11 is 0. The summed E-state index contributed by atoms with van der Waals surface area (Å²) in [5.41, 5.74) is 0.896. The van der Waals surface area contributed by atoms with E-state index in [0.29, 0.717) is 18.2 Å². The lowest BCUT2D eigenvalue weighted by atomic mass is 10.1. The van der Waals surface area contributed by atoms with E-state index in [2.05, 4.69) is 4.72 Å². The summed E-state index contributed by atoms with van der Waals surface area (Å²) in [6.45, 7) is 0.133. The Bertz CT molecular complexity index is 763. The van der Waals surface area contributed by atoms with E-state index in [9.17, 15) is 17.2 Å². The second-order valence-corrected chi connectivity index (χ2v) is 6.34. The fraction of sp³-hybridized carbons (Fsp3) is 0.200. The first-order valence-electron chi connectivity index (χ1n) is 6.50. The molecule has 0 aromatic heterocycles. The van der Waals surface area contributed by atoms with Crippen LogP contribution in [0.25, 0.3) is 0 Å². The highest BCUT2D eigenvalue weighted by Gasteiger charge is 2.15. The maximum Gasteiger partial charge on any atom is 0.240 e. The Morgan fingerprint density at radius 3 is 2.55 bits per heavy atom. The van der Waals surface area contributed by atoms with Crippen molar-refractivity contribution < 1.29 is 21.9 Å². The topological polar surface area (TPSA) is 55.4 Å². The average Bonchev–Trinajstić information content (AvgIpc) is 2.50. The second kappa shape index (κ2) is 6.85. The van der Waals surface area contributed by atoms with Crippen LogP contribution in [0.1, 0.15) is 5.56 Å². The monoisotopic (exact) mass is 327 g/mol. The molecule has 4 nitrogen and oxygen atoms in total. The van der Waals surface area contributed by atoms with E-state index in [1.165, 1.54) is 0 Å². The molecule has 118 valence electrons. The van der Waals surface area contributed by atoms with Crippen molar-refractivity contribution in [1.82, 2.24) is 4.72 Å². The van der Waals surface area contributed by atoms with Gasteiger partial charge in [-0.2, -0.15) is 0 Å². The Morgan fingerprint density at radius 2 is 1.86 bits per heavy atom. The molecule has 0 spiro atoms. The predicted octanol–water partition coefficient (Wildman–Crippen LogP) is 2.49. The molecule has 2 aromatic rings. The van der Waals surface area contributed by atoms with Gasteiger partial charge in [0.1, 0.15) is 5.75 Å². The molecule has 0 heterocycles. The minimum Gasteiger partial charge on any atom is -0.497 e. The third-order valence-corrected chi connectivity index (χ3v) is 4.50. The van der Waals surface area contributed by atoms with Crippen LogP contribution >= 0.6 is 0 Å². The van der Waals surface area contributed by atoms with Crippen molar-refractivity contribution in [3.63, 3.8) is 0 Å². The van der Waals surface area contributed by atoms with E-state index in [-0.39, 0.29) is 11.4 Å². The number of hydrogen-bond acceptors (Lipinski definition) is 3. The van der Waals surface area contributed by atoms with Gasteiger partial charge in [-0.15, -0.1) is 0 Å². The quantitative estimate of drug-likeness (QED) is 0.887. The van der Waals surface area contributed by atoms with Gasteiger partial charge in [0.25, 0.3) is 0 Å². The number of sulfonamides is 1. The van der Waals surface area contributed by atoms with Crippen molar-refractivity contribution >= 4 is 10.0 Å². The average molecular weight is 327 g/mol. The summed E-state index contributed by atoms with van der Waals surface area (Å²) in [6.07, 6.45) is 0.445. The van der Waals surface area contributed by atoms with Crippen molar-refractivity contribution in [2.24, 2.45) is 0 Å². The zero-order chi connectivity index (χ0) is 16.2. The summed E-state index contributed by atoms with van der Waals surface area (Å²) in [4.78, 5) is -0.308. The third-order valence-electron chi connectivity index (χ3n) is 3.04. The third kappa shape index (κ3) is 4.02. The zero-order valence-corrected chi connectivity index (χ0v) is 12.7. The molecule has 2 rings (SSSR count). The van der Waals surface area contributed by atoms with Crippen LogP contribution in [0.2, 0.25) is 0 Å². The molecule has 0 aliphatic heterocycles. The Balaban J connectivity index is 2.01. The highest BCUT2D eigenvalue weighted by atomic mass is 32.2. The van der Waals surface area contributed by atoms with Crippen molar-refractivity contribution in [3.8, 4) is 5.75 Å². The number of halogens is 2. The largest absolute Gasteiger partial charge is 0.497 e. The Labute approximate surface area is 127 Å². The molecule has 0 fully saturated rings. The van der Waals surface area contributed by atoms with Crippen molar-refractivity contribution in [2.75, 3.05) is 13.7 Å². The fourth-order valence-electron chi connectivity index (χ4n) is 1.89. The molecule has 1 N–H and O–H groups in total. The molecule has 0 amide bonds. The van der Waals surface area contributed by atoms with Gasteiger partial charge in [0.15, 0.2) is 11.6 Å². The molecule has 0 aliphatic rings. The van der Waals surface area contributed by atoms with Gasteiger partial charge in [-0.1, -0.05) is 12.1 Å². The van der Waals surface area contributed by atoms with Crippen LogP contribution < -0.4 is 9.46 Å². The number of ether oxygens (including phenoxy) is 1. The molecule has 0 aliphatic carbocycles. The highest BCUT2D eigenvalue weighted by molar-refractivity contribution is 7.89. The smallest absolute Gasteiger partial charge is 0.240 e. The first-order chi connectivity index (χ1) is 10.4. The van der Waals surface area contributed by atoms with Crippen molar-refractivity contribution in [2.45, 2.75) is 11.3 Å². The van der Waals surface area contributed by atoms with Gasteiger partial charge in [-0.3, -0.25) is 0 Å². The zero-order valence-electron chi connectivity index (χ0n) is 11.8. The van der Waals surface area contributed by atoms with E-state index < -0.39 is 21.7 Å². The summed E-state index contributed by atoms with van der Waals surface area (Å²) < 4.78 is 57.3. The maximum atomic E-state index is 13.1. The number of nitrogens with one attached hydrogen (secondary N) is 1. The van der Waals surface area contributed by atoms with Gasteiger partial charge in [-0.05, 0) is 42.3 Å². The van der Waals surface area contributed by atoms with Crippen LogP contribution in [0.4, 0.5) is 8.78 Å². The molecule has 0 radical (unpaired) electrons. The molecule has 7 heteroatoms. The summed E-state index contributed by atoms with van der Waals surface area (Å²) in [5.74, 6) is -1.60. The van der Waals surface area contributed by atoms with Crippen LogP contribution in [0.3, 0.4) is 0 Å². The fourth-order valence-corrected chi connectivity index (χ4v) is 2.93. The van der Waals surface area contributed by atoms with Gasteiger partial charge in [-0.25, -0.2) is 21.9 Å². The minimum absolute atomic E-state index is 0.133. The normalized spacial score (nSPS) is 11.4. The Morgan fingerprint density at radius 1 is 1.09 bits per heavy atom. The predicted molar refractivity (Wildman–Crippen MR) is 78.2 cm³/mol. The SMILES string of the molecule is COc1cccc(CCNS(=O)(=O)c2ccc(F)c(F)c2)c1. The molecule has 0 bridgehead atoms. The van der Waals surface area contributed by atoms with Crippen LogP contribution in [0, 0.1) is 11.6 Å². The van der Waals surface area contributed by atoms with E-state index in [4.69, 9.17) is 4.74 Å². The lowest BCUT2D eigenvalue weighted by Crippen LogP contribution is -2.26. The van der Waals surface area contributed by atoms with Gasteiger partial charge < -0.3 is 4.74 Å². The van der Waals surface area contributed by atoms with Crippen LogP contribution in [0.15, 0.2) is 47.4 Å². The van der Waals surface area contributed by atoms with Gasteiger partial charge in [0, 0.05) is 6.54 Å². The number of benzene rings is 2. The standard InChI is InChI=1S/C15H15F2NO3S/c1-21-12-4-2-3-11(9-12)7-8-18-22(19,20)13-5-6-14(16)15(17)10-13/h2-6,9-10,18H,7-8H2,1H3. The maximum absolute atomic E-state index is 13.1.